The Kier molecular flexibility index (Phi) is 7.38. The van der Waals surface area contributed by atoms with Crippen molar-refractivity contribution >= 4 is 29.3 Å². The van der Waals surface area contributed by atoms with E-state index in [0.717, 1.165) is 45.3 Å². The number of carbonyl (C=O) groups is 1. The third kappa shape index (κ3) is 5.17. The standard InChI is InChI=1S/C29H35ClFN3O2/c1-20-3-2-4-25-28(20)29(19-32-25)11-15-33(16-12-29)18-26(35)22-9-13-34(14-10-22)27(36)8-6-21-5-7-24(31)23(30)17-21/h2-8,17,22,26,32,35H,9-16,18-19H2,1H3/b8-6+/t26-/m1/s1. The van der Waals surface area contributed by atoms with Gasteiger partial charge in [0.1, 0.15) is 5.82 Å². The van der Waals surface area contributed by atoms with Crippen molar-refractivity contribution in [3.05, 3.63) is 70.0 Å². The minimum Gasteiger partial charge on any atom is -0.392 e. The lowest BCUT2D eigenvalue weighted by Crippen LogP contribution is -2.48. The van der Waals surface area contributed by atoms with Crippen LogP contribution in [-0.4, -0.2) is 66.2 Å². The van der Waals surface area contributed by atoms with Crippen LogP contribution in [0.15, 0.2) is 42.5 Å². The molecule has 5 nitrogen and oxygen atoms in total. The maximum Gasteiger partial charge on any atom is 0.246 e. The molecule has 1 amide bonds. The Balaban J connectivity index is 1.09. The number of aliphatic hydroxyl groups is 1. The summed E-state index contributed by atoms with van der Waals surface area (Å²) >= 11 is 5.82. The topological polar surface area (TPSA) is 55.8 Å². The second kappa shape index (κ2) is 10.5. The van der Waals surface area contributed by atoms with E-state index in [1.165, 1.54) is 35.0 Å². The number of aliphatic hydroxyl groups excluding tert-OH is 1. The van der Waals surface area contributed by atoms with Crippen LogP contribution in [0.5, 0.6) is 0 Å². The van der Waals surface area contributed by atoms with Crippen LogP contribution in [0.2, 0.25) is 5.02 Å². The molecule has 3 aliphatic rings. The summed E-state index contributed by atoms with van der Waals surface area (Å²) < 4.78 is 13.3. The third-order valence-electron chi connectivity index (χ3n) is 8.44. The lowest BCUT2D eigenvalue weighted by atomic mass is 9.72. The van der Waals surface area contributed by atoms with Crippen molar-refractivity contribution in [2.24, 2.45) is 5.92 Å². The number of hydrogen-bond acceptors (Lipinski definition) is 4. The van der Waals surface area contributed by atoms with Gasteiger partial charge in [0.25, 0.3) is 0 Å². The van der Waals surface area contributed by atoms with Gasteiger partial charge in [0.2, 0.25) is 5.91 Å². The molecule has 36 heavy (non-hydrogen) atoms. The number of rotatable bonds is 5. The highest BCUT2D eigenvalue weighted by Crippen LogP contribution is 2.45. The summed E-state index contributed by atoms with van der Waals surface area (Å²) in [4.78, 5) is 16.8. The number of carbonyl (C=O) groups excluding carboxylic acids is 1. The number of amides is 1. The summed E-state index contributed by atoms with van der Waals surface area (Å²) in [7, 11) is 0. The van der Waals surface area contributed by atoms with Gasteiger partial charge < -0.3 is 20.2 Å². The number of benzene rings is 2. The first-order valence-corrected chi connectivity index (χ1v) is 13.4. The van der Waals surface area contributed by atoms with Gasteiger partial charge in [-0.3, -0.25) is 4.79 Å². The smallest absolute Gasteiger partial charge is 0.246 e. The average molecular weight is 512 g/mol. The number of halogens is 2. The second-order valence-electron chi connectivity index (χ2n) is 10.7. The molecule has 192 valence electrons. The van der Waals surface area contributed by atoms with Crippen LogP contribution in [0.3, 0.4) is 0 Å². The van der Waals surface area contributed by atoms with Crippen molar-refractivity contribution in [1.29, 1.82) is 0 Å². The second-order valence-corrected chi connectivity index (χ2v) is 11.1. The Morgan fingerprint density at radius 3 is 2.69 bits per heavy atom. The predicted octanol–water partition coefficient (Wildman–Crippen LogP) is 4.86. The van der Waals surface area contributed by atoms with Gasteiger partial charge in [0.15, 0.2) is 0 Å². The van der Waals surface area contributed by atoms with E-state index >= 15 is 0 Å². The zero-order valence-corrected chi connectivity index (χ0v) is 21.6. The zero-order chi connectivity index (χ0) is 25.3. The van der Waals surface area contributed by atoms with Gasteiger partial charge in [-0.15, -0.1) is 0 Å². The number of piperidine rings is 2. The van der Waals surface area contributed by atoms with Crippen LogP contribution in [0.1, 0.15) is 42.4 Å². The van der Waals surface area contributed by atoms with Crippen LogP contribution >= 0.6 is 11.6 Å². The molecular weight excluding hydrogens is 477 g/mol. The van der Waals surface area contributed by atoms with E-state index in [4.69, 9.17) is 11.6 Å². The van der Waals surface area contributed by atoms with E-state index in [2.05, 4.69) is 35.3 Å². The monoisotopic (exact) mass is 511 g/mol. The van der Waals surface area contributed by atoms with E-state index in [1.807, 2.05) is 4.90 Å². The van der Waals surface area contributed by atoms with E-state index in [1.54, 1.807) is 12.1 Å². The summed E-state index contributed by atoms with van der Waals surface area (Å²) in [5.41, 5.74) is 5.08. The van der Waals surface area contributed by atoms with E-state index in [0.29, 0.717) is 25.2 Å². The number of likely N-dealkylation sites (tertiary alicyclic amines) is 2. The van der Waals surface area contributed by atoms with Gasteiger partial charge in [0, 0.05) is 43.4 Å². The molecule has 2 aromatic rings. The SMILES string of the molecule is Cc1cccc2c1C1(CCN(C[C@@H](O)C3CCN(C(=O)/C=C/c4ccc(F)c(Cl)c4)CC3)CC1)CN2. The first-order valence-electron chi connectivity index (χ1n) is 13.0. The van der Waals surface area contributed by atoms with Crippen LogP contribution in [-0.2, 0) is 10.2 Å². The molecule has 0 saturated carbocycles. The molecule has 0 radical (unpaired) electrons. The third-order valence-corrected chi connectivity index (χ3v) is 8.73. The Labute approximate surface area is 217 Å². The summed E-state index contributed by atoms with van der Waals surface area (Å²) in [6, 6.07) is 10.9. The molecule has 0 aromatic heterocycles. The predicted molar refractivity (Wildman–Crippen MR) is 143 cm³/mol. The summed E-state index contributed by atoms with van der Waals surface area (Å²) in [6.07, 6.45) is 6.64. The fraction of sp³-hybridized carbons (Fsp3) is 0.483. The molecule has 0 unspecified atom stereocenters. The number of nitrogens with one attached hydrogen (secondary N) is 1. The van der Waals surface area contributed by atoms with Gasteiger partial charge in [-0.05, 0) is 92.6 Å². The Hall–Kier alpha value is -2.41. The molecule has 0 aliphatic carbocycles. The fourth-order valence-corrected chi connectivity index (χ4v) is 6.46. The van der Waals surface area contributed by atoms with Crippen molar-refractivity contribution in [3.63, 3.8) is 0 Å². The molecule has 3 heterocycles. The molecule has 0 bridgehead atoms. The lowest BCUT2D eigenvalue weighted by Gasteiger charge is -2.42. The number of nitrogens with zero attached hydrogens (tertiary/aromatic N) is 2. The van der Waals surface area contributed by atoms with Crippen LogP contribution < -0.4 is 5.32 Å². The number of aryl methyl sites for hydroxylation is 1. The lowest BCUT2D eigenvalue weighted by molar-refractivity contribution is -0.128. The van der Waals surface area contributed by atoms with E-state index < -0.39 is 5.82 Å². The number of hydrogen-bond donors (Lipinski definition) is 2. The van der Waals surface area contributed by atoms with Gasteiger partial charge in [-0.25, -0.2) is 4.39 Å². The van der Waals surface area contributed by atoms with Crippen molar-refractivity contribution in [1.82, 2.24) is 9.80 Å². The van der Waals surface area contributed by atoms with Crippen LogP contribution in [0.25, 0.3) is 6.08 Å². The Bertz CT molecular complexity index is 1140. The van der Waals surface area contributed by atoms with Crippen LogP contribution in [0.4, 0.5) is 10.1 Å². The van der Waals surface area contributed by atoms with Gasteiger partial charge in [-0.2, -0.15) is 0 Å². The quantitative estimate of drug-likeness (QED) is 0.563. The maximum absolute atomic E-state index is 13.3. The van der Waals surface area contributed by atoms with Crippen molar-refractivity contribution < 1.29 is 14.3 Å². The number of fused-ring (bicyclic) bond motifs is 2. The first kappa shape index (κ1) is 25.2. The number of anilines is 1. The minimum absolute atomic E-state index is 0.0446. The first-order chi connectivity index (χ1) is 17.3. The molecule has 1 spiro atoms. The van der Waals surface area contributed by atoms with Crippen molar-refractivity contribution in [2.45, 2.75) is 44.1 Å². The van der Waals surface area contributed by atoms with Gasteiger partial charge >= 0.3 is 0 Å². The Morgan fingerprint density at radius 2 is 1.97 bits per heavy atom. The molecule has 5 rings (SSSR count). The van der Waals surface area contributed by atoms with E-state index in [9.17, 15) is 14.3 Å². The normalized spacial score (nSPS) is 21.1. The highest BCUT2D eigenvalue weighted by Gasteiger charge is 2.42. The minimum atomic E-state index is -0.471. The molecule has 3 aliphatic heterocycles. The molecule has 2 aromatic carbocycles. The van der Waals surface area contributed by atoms with Crippen LogP contribution in [0, 0.1) is 18.7 Å². The highest BCUT2D eigenvalue weighted by molar-refractivity contribution is 6.30. The maximum atomic E-state index is 13.3. The number of β-amino-alcohol motifs (C(OH)–C–C–N with tert-alkyl or cyclic N) is 1. The largest absolute Gasteiger partial charge is 0.392 e. The Morgan fingerprint density at radius 1 is 1.22 bits per heavy atom. The molecule has 2 fully saturated rings. The van der Waals surface area contributed by atoms with Crippen molar-refractivity contribution in [2.75, 3.05) is 44.6 Å². The molecule has 7 heteroatoms. The highest BCUT2D eigenvalue weighted by atomic mass is 35.5. The van der Waals surface area contributed by atoms with E-state index in [-0.39, 0.29) is 28.4 Å². The summed E-state index contributed by atoms with van der Waals surface area (Å²) in [6.45, 7) is 7.21. The van der Waals surface area contributed by atoms with Gasteiger partial charge in [0.05, 0.1) is 11.1 Å². The zero-order valence-electron chi connectivity index (χ0n) is 20.9. The van der Waals surface area contributed by atoms with Gasteiger partial charge in [-0.1, -0.05) is 29.8 Å². The molecular formula is C29H35ClFN3O2. The summed E-state index contributed by atoms with van der Waals surface area (Å²) in [5, 5.41) is 14.7. The molecule has 2 N–H and O–H groups in total. The summed E-state index contributed by atoms with van der Waals surface area (Å²) in [5.74, 6) is -0.327. The average Bonchev–Trinajstić information content (AvgIpc) is 3.25. The fourth-order valence-electron chi connectivity index (χ4n) is 6.27. The molecule has 1 atom stereocenters. The molecule has 2 saturated heterocycles. The van der Waals surface area contributed by atoms with Crippen molar-refractivity contribution in [3.8, 4) is 0 Å².